The first-order chi connectivity index (χ1) is 20.5. The second-order valence-electron chi connectivity index (χ2n) is 13.1. The van der Waals surface area contributed by atoms with Gasteiger partial charge in [-0.2, -0.15) is 0 Å². The Balaban J connectivity index is 1.72. The van der Waals surface area contributed by atoms with Gasteiger partial charge in [-0.1, -0.05) is 12.2 Å². The van der Waals surface area contributed by atoms with E-state index in [1.807, 2.05) is 0 Å². The van der Waals surface area contributed by atoms with Crippen LogP contribution in [-0.2, 0) is 14.2 Å². The maximum atomic E-state index is 15.4. The average molecular weight is 618 g/mol. The summed E-state index contributed by atoms with van der Waals surface area (Å²) in [5, 5.41) is 2.69. The number of hydrogen-bond donors (Lipinski definition) is 1. The summed E-state index contributed by atoms with van der Waals surface area (Å²) < 4.78 is 48.0. The average Bonchev–Trinajstić information content (AvgIpc) is 3.66. The van der Waals surface area contributed by atoms with Crippen LogP contribution in [0.15, 0.2) is 23.1 Å². The number of aromatic nitrogens is 1. The predicted molar refractivity (Wildman–Crippen MR) is 161 cm³/mol. The highest BCUT2D eigenvalue weighted by atomic mass is 19.2. The van der Waals surface area contributed by atoms with Crippen molar-refractivity contribution in [3.8, 4) is 0 Å². The number of pyridine rings is 1. The van der Waals surface area contributed by atoms with Gasteiger partial charge in [0.05, 0.1) is 29.6 Å². The van der Waals surface area contributed by atoms with Gasteiger partial charge in [-0.15, -0.1) is 0 Å². The number of amides is 2. The Morgan fingerprint density at radius 3 is 2.30 bits per heavy atom. The quantitative estimate of drug-likeness (QED) is 0.295. The summed E-state index contributed by atoms with van der Waals surface area (Å²) >= 11 is 0. The molecule has 240 valence electrons. The van der Waals surface area contributed by atoms with Gasteiger partial charge in [0.25, 0.3) is 0 Å². The van der Waals surface area contributed by atoms with Gasteiger partial charge in [-0.05, 0) is 80.2 Å². The Kier molecular flexibility index (Phi) is 9.41. The molecule has 44 heavy (non-hydrogen) atoms. The van der Waals surface area contributed by atoms with Crippen LogP contribution >= 0.6 is 0 Å². The number of ether oxygens (including phenoxy) is 3. The zero-order valence-corrected chi connectivity index (χ0v) is 26.3. The molecule has 0 spiro atoms. The molecule has 2 fully saturated rings. The van der Waals surface area contributed by atoms with E-state index in [0.29, 0.717) is 13.0 Å². The van der Waals surface area contributed by atoms with Crippen LogP contribution < -0.4 is 10.7 Å². The van der Waals surface area contributed by atoms with Gasteiger partial charge in [0, 0.05) is 24.3 Å². The monoisotopic (exact) mass is 617 g/mol. The van der Waals surface area contributed by atoms with E-state index in [9.17, 15) is 23.6 Å². The molecule has 2 amide bonds. The number of nitrogens with zero attached hydrogens (tertiary/aromatic N) is 2. The number of benzene rings is 1. The number of rotatable bonds is 7. The van der Waals surface area contributed by atoms with E-state index in [4.69, 9.17) is 14.2 Å². The summed E-state index contributed by atoms with van der Waals surface area (Å²) in [6.45, 7) is 12.4. The molecular weight excluding hydrogens is 576 g/mol. The molecule has 12 heteroatoms. The first-order valence-electron chi connectivity index (χ1n) is 14.9. The van der Waals surface area contributed by atoms with Gasteiger partial charge in [-0.25, -0.2) is 23.2 Å². The summed E-state index contributed by atoms with van der Waals surface area (Å²) in [4.78, 5) is 53.0. The fourth-order valence-electron chi connectivity index (χ4n) is 5.29. The van der Waals surface area contributed by atoms with Crippen molar-refractivity contribution in [1.82, 2.24) is 14.8 Å². The molecule has 2 heterocycles. The minimum absolute atomic E-state index is 0.0523. The fourth-order valence-corrected chi connectivity index (χ4v) is 5.29. The molecule has 2 aromatic rings. The second kappa shape index (κ2) is 12.6. The van der Waals surface area contributed by atoms with E-state index < -0.39 is 58.5 Å². The Bertz CT molecular complexity index is 1530. The maximum absolute atomic E-state index is 15.4. The highest BCUT2D eigenvalue weighted by molar-refractivity contribution is 5.96. The van der Waals surface area contributed by atoms with Gasteiger partial charge in [0.1, 0.15) is 16.8 Å². The van der Waals surface area contributed by atoms with Crippen LogP contribution in [0.1, 0.15) is 96.1 Å². The summed E-state index contributed by atoms with van der Waals surface area (Å²) in [6.07, 6.45) is 5.15. The van der Waals surface area contributed by atoms with Crippen LogP contribution in [0.5, 0.6) is 0 Å². The molecule has 1 aromatic carbocycles. The number of likely N-dealkylation sites (tertiary alicyclic amines) is 1. The number of carbonyl (C=O) groups is 3. The summed E-state index contributed by atoms with van der Waals surface area (Å²) in [6, 6.07) is -0.373. The highest BCUT2D eigenvalue weighted by Crippen LogP contribution is 2.39. The van der Waals surface area contributed by atoms with Crippen LogP contribution in [0.25, 0.3) is 17.0 Å². The first kappa shape index (κ1) is 32.9. The van der Waals surface area contributed by atoms with E-state index in [0.717, 1.165) is 18.9 Å². The molecule has 2 aliphatic rings. The normalized spacial score (nSPS) is 19.0. The number of hydrogen-bond acceptors (Lipinski definition) is 7. The van der Waals surface area contributed by atoms with E-state index >= 15 is 4.39 Å². The summed E-state index contributed by atoms with van der Waals surface area (Å²) in [7, 11) is 0. The van der Waals surface area contributed by atoms with Crippen LogP contribution in [-0.4, -0.2) is 64.1 Å². The first-order valence-corrected chi connectivity index (χ1v) is 14.9. The van der Waals surface area contributed by atoms with Gasteiger partial charge < -0.3 is 29.0 Å². The SMILES string of the molecule is CCOC(=O)c1cn(C2CC2)c2c(/C=C\CC3[C@H](NC(=O)OC(C)(C)C)CCN3C(=O)OC(C)(C)C)c(F)c(F)cc2c1=O. The van der Waals surface area contributed by atoms with E-state index in [-0.39, 0.29) is 41.1 Å². The van der Waals surface area contributed by atoms with Crippen molar-refractivity contribution in [3.05, 3.63) is 51.3 Å². The van der Waals surface area contributed by atoms with Crippen molar-refractivity contribution in [2.45, 2.75) is 103 Å². The predicted octanol–water partition coefficient (Wildman–Crippen LogP) is 6.10. The van der Waals surface area contributed by atoms with E-state index in [2.05, 4.69) is 5.32 Å². The van der Waals surface area contributed by atoms with Crippen molar-refractivity contribution < 1.29 is 37.4 Å². The van der Waals surface area contributed by atoms with Crippen molar-refractivity contribution in [2.75, 3.05) is 13.2 Å². The number of fused-ring (bicyclic) bond motifs is 1. The van der Waals surface area contributed by atoms with Gasteiger partial charge in [0.2, 0.25) is 5.43 Å². The number of carbonyl (C=O) groups excluding carboxylic acids is 3. The lowest BCUT2D eigenvalue weighted by atomic mass is 10.0. The van der Waals surface area contributed by atoms with E-state index in [1.165, 1.54) is 17.2 Å². The van der Waals surface area contributed by atoms with Crippen molar-refractivity contribution >= 4 is 35.1 Å². The standard InChI is InChI=1S/C32H41F2N3O7/c1-8-42-28(39)21-17-37(18-12-13-18)26-19(25(34)22(33)16-20(26)27(21)38)10-9-11-24-23(35-29(40)43-31(2,3)4)14-15-36(24)30(41)44-32(5,6)7/h9-10,16-18,23-24H,8,11-15H2,1-7H3,(H,35,40)/b10-9-/t23-,24?/m1/s1. The molecule has 1 N–H and O–H groups in total. The highest BCUT2D eigenvalue weighted by Gasteiger charge is 2.40. The molecule has 1 saturated carbocycles. The third-order valence-corrected chi connectivity index (χ3v) is 7.22. The number of alkyl carbamates (subject to hydrolysis) is 1. The minimum Gasteiger partial charge on any atom is -0.462 e. The molecule has 1 aliphatic heterocycles. The smallest absolute Gasteiger partial charge is 0.410 e. The molecule has 1 aromatic heterocycles. The topological polar surface area (TPSA) is 116 Å². The Labute approximate surface area is 255 Å². The second-order valence-corrected chi connectivity index (χ2v) is 13.1. The summed E-state index contributed by atoms with van der Waals surface area (Å²) in [5.74, 6) is -3.22. The van der Waals surface area contributed by atoms with Crippen LogP contribution in [0.3, 0.4) is 0 Å². The van der Waals surface area contributed by atoms with Crippen LogP contribution in [0.4, 0.5) is 18.4 Å². The molecule has 0 radical (unpaired) electrons. The lowest BCUT2D eigenvalue weighted by Gasteiger charge is -2.30. The molecule has 0 bridgehead atoms. The molecule has 4 rings (SSSR count). The molecular formula is C32H41F2N3O7. The van der Waals surface area contributed by atoms with Gasteiger partial charge >= 0.3 is 18.2 Å². The third-order valence-electron chi connectivity index (χ3n) is 7.22. The number of esters is 1. The van der Waals surface area contributed by atoms with Crippen LogP contribution in [0.2, 0.25) is 0 Å². The Hall–Kier alpha value is -3.96. The molecule has 1 unspecified atom stereocenters. The van der Waals surface area contributed by atoms with Crippen molar-refractivity contribution in [2.24, 2.45) is 0 Å². The minimum atomic E-state index is -1.24. The molecule has 1 saturated heterocycles. The van der Waals surface area contributed by atoms with Gasteiger partial charge in [-0.3, -0.25) is 4.79 Å². The fraction of sp³-hybridized carbons (Fsp3) is 0.562. The zero-order chi connectivity index (χ0) is 32.6. The number of halogens is 2. The largest absolute Gasteiger partial charge is 0.462 e. The maximum Gasteiger partial charge on any atom is 0.410 e. The Morgan fingerprint density at radius 1 is 1.05 bits per heavy atom. The lowest BCUT2D eigenvalue weighted by molar-refractivity contribution is 0.0204. The van der Waals surface area contributed by atoms with E-state index in [1.54, 1.807) is 59.1 Å². The molecule has 1 aliphatic carbocycles. The van der Waals surface area contributed by atoms with Crippen molar-refractivity contribution in [1.29, 1.82) is 0 Å². The van der Waals surface area contributed by atoms with Gasteiger partial charge in [0.15, 0.2) is 11.6 Å². The third kappa shape index (κ3) is 7.57. The van der Waals surface area contributed by atoms with Crippen LogP contribution in [0, 0.1) is 11.6 Å². The Morgan fingerprint density at radius 2 is 1.70 bits per heavy atom. The molecule has 2 atom stereocenters. The zero-order valence-electron chi connectivity index (χ0n) is 26.3. The number of nitrogens with one attached hydrogen (secondary N) is 1. The van der Waals surface area contributed by atoms with Crippen molar-refractivity contribution in [3.63, 3.8) is 0 Å². The summed E-state index contributed by atoms with van der Waals surface area (Å²) in [5.41, 5.74) is -2.48. The molecule has 10 nitrogen and oxygen atoms in total. The lowest BCUT2D eigenvalue weighted by Crippen LogP contribution is -2.48.